The summed E-state index contributed by atoms with van der Waals surface area (Å²) < 4.78 is 4.92. The van der Waals surface area contributed by atoms with Crippen molar-refractivity contribution >= 4 is 11.9 Å². The van der Waals surface area contributed by atoms with Crippen molar-refractivity contribution in [3.05, 3.63) is 35.4 Å². The lowest BCUT2D eigenvalue weighted by atomic mass is 10.1. The van der Waals surface area contributed by atoms with Crippen LogP contribution in [-0.2, 0) is 20.9 Å². The van der Waals surface area contributed by atoms with Gasteiger partial charge in [0, 0.05) is 19.5 Å². The van der Waals surface area contributed by atoms with Crippen molar-refractivity contribution in [1.29, 1.82) is 0 Å². The molecule has 0 bridgehead atoms. The van der Waals surface area contributed by atoms with E-state index in [0.29, 0.717) is 26.1 Å². The summed E-state index contributed by atoms with van der Waals surface area (Å²) in [6.45, 7) is 7.12. The molecule has 21 heavy (non-hydrogen) atoms. The smallest absolute Gasteiger partial charge is 0.307 e. The highest BCUT2D eigenvalue weighted by molar-refractivity contribution is 5.77. The van der Waals surface area contributed by atoms with E-state index in [9.17, 15) is 9.59 Å². The van der Waals surface area contributed by atoms with Gasteiger partial charge in [0.1, 0.15) is 0 Å². The van der Waals surface area contributed by atoms with Crippen LogP contribution >= 0.6 is 0 Å². The Bertz CT molecular complexity index is 454. The first kappa shape index (κ1) is 17.2. The van der Waals surface area contributed by atoms with Crippen molar-refractivity contribution in [1.82, 2.24) is 4.90 Å². The molecular weight excluding hydrogens is 266 g/mol. The van der Waals surface area contributed by atoms with Crippen LogP contribution in [0.25, 0.3) is 0 Å². The SMILES string of the molecule is CCCC(=O)N(CCC(=O)OCC)Cc1ccc(C)cc1. The Morgan fingerprint density at radius 2 is 1.76 bits per heavy atom. The molecule has 0 aliphatic rings. The fraction of sp³-hybridized carbons (Fsp3) is 0.529. The molecule has 4 nitrogen and oxygen atoms in total. The average Bonchev–Trinajstić information content (AvgIpc) is 2.46. The summed E-state index contributed by atoms with van der Waals surface area (Å²) in [4.78, 5) is 25.4. The quantitative estimate of drug-likeness (QED) is 0.691. The van der Waals surface area contributed by atoms with Crippen LogP contribution < -0.4 is 0 Å². The molecule has 0 unspecified atom stereocenters. The Morgan fingerprint density at radius 1 is 1.10 bits per heavy atom. The average molecular weight is 291 g/mol. The summed E-state index contributed by atoms with van der Waals surface area (Å²) in [5, 5.41) is 0. The first-order valence-corrected chi connectivity index (χ1v) is 7.55. The lowest BCUT2D eigenvalue weighted by Crippen LogP contribution is -2.32. The number of rotatable bonds is 8. The highest BCUT2D eigenvalue weighted by Gasteiger charge is 2.15. The number of aryl methyl sites for hydroxylation is 1. The third-order valence-electron chi connectivity index (χ3n) is 3.20. The van der Waals surface area contributed by atoms with Crippen molar-refractivity contribution in [2.45, 2.75) is 46.6 Å². The normalized spacial score (nSPS) is 10.2. The summed E-state index contributed by atoms with van der Waals surface area (Å²) in [7, 11) is 0. The molecule has 0 spiro atoms. The third-order valence-corrected chi connectivity index (χ3v) is 3.20. The first-order chi connectivity index (χ1) is 10.1. The van der Waals surface area contributed by atoms with E-state index in [-0.39, 0.29) is 18.3 Å². The minimum absolute atomic E-state index is 0.0855. The van der Waals surface area contributed by atoms with Crippen molar-refractivity contribution in [3.63, 3.8) is 0 Å². The fourth-order valence-corrected chi connectivity index (χ4v) is 2.04. The molecule has 1 aromatic rings. The number of hydrogen-bond donors (Lipinski definition) is 0. The zero-order chi connectivity index (χ0) is 15.7. The first-order valence-electron chi connectivity index (χ1n) is 7.55. The number of esters is 1. The Labute approximate surface area is 127 Å². The topological polar surface area (TPSA) is 46.6 Å². The summed E-state index contributed by atoms with van der Waals surface area (Å²) in [5.41, 5.74) is 2.27. The van der Waals surface area contributed by atoms with Gasteiger partial charge in [0.25, 0.3) is 0 Å². The molecule has 0 heterocycles. The monoisotopic (exact) mass is 291 g/mol. The molecule has 0 N–H and O–H groups in total. The zero-order valence-corrected chi connectivity index (χ0v) is 13.2. The van der Waals surface area contributed by atoms with E-state index < -0.39 is 0 Å². The van der Waals surface area contributed by atoms with Crippen LogP contribution in [0.1, 0.15) is 44.2 Å². The molecule has 0 saturated heterocycles. The standard InChI is InChI=1S/C17H25NO3/c1-4-6-16(19)18(12-11-17(20)21-5-2)13-15-9-7-14(3)8-10-15/h7-10H,4-6,11-13H2,1-3H3. The van der Waals surface area contributed by atoms with Gasteiger partial charge < -0.3 is 9.64 Å². The minimum Gasteiger partial charge on any atom is -0.466 e. The number of amides is 1. The van der Waals surface area contributed by atoms with Crippen molar-refractivity contribution < 1.29 is 14.3 Å². The van der Waals surface area contributed by atoms with E-state index in [0.717, 1.165) is 12.0 Å². The van der Waals surface area contributed by atoms with Gasteiger partial charge in [-0.2, -0.15) is 0 Å². The molecule has 0 aliphatic heterocycles. The highest BCUT2D eigenvalue weighted by Crippen LogP contribution is 2.10. The second kappa shape index (κ2) is 9.16. The van der Waals surface area contributed by atoms with Crippen molar-refractivity contribution in [2.24, 2.45) is 0 Å². The van der Waals surface area contributed by atoms with Gasteiger partial charge in [-0.25, -0.2) is 0 Å². The van der Waals surface area contributed by atoms with E-state index in [2.05, 4.69) is 0 Å². The lowest BCUT2D eigenvalue weighted by Gasteiger charge is -2.22. The molecule has 0 saturated carbocycles. The number of carbonyl (C=O) groups is 2. The zero-order valence-electron chi connectivity index (χ0n) is 13.2. The van der Waals surface area contributed by atoms with Crippen LogP contribution in [0, 0.1) is 6.92 Å². The Morgan fingerprint density at radius 3 is 2.33 bits per heavy atom. The molecule has 116 valence electrons. The van der Waals surface area contributed by atoms with E-state index in [1.165, 1.54) is 5.56 Å². The maximum absolute atomic E-state index is 12.2. The molecule has 4 heteroatoms. The van der Waals surface area contributed by atoms with Gasteiger partial charge in [-0.3, -0.25) is 9.59 Å². The molecule has 1 aromatic carbocycles. The van der Waals surface area contributed by atoms with Gasteiger partial charge in [-0.1, -0.05) is 36.8 Å². The van der Waals surface area contributed by atoms with Crippen LogP contribution in [0.2, 0.25) is 0 Å². The van der Waals surface area contributed by atoms with Crippen LogP contribution in [-0.4, -0.2) is 29.9 Å². The summed E-state index contributed by atoms with van der Waals surface area (Å²) in [6.07, 6.45) is 1.56. The van der Waals surface area contributed by atoms with E-state index in [1.54, 1.807) is 11.8 Å². The Hall–Kier alpha value is -1.84. The van der Waals surface area contributed by atoms with Crippen LogP contribution in [0.4, 0.5) is 0 Å². The maximum Gasteiger partial charge on any atom is 0.307 e. The second-order valence-corrected chi connectivity index (χ2v) is 5.11. The molecule has 0 aromatic heterocycles. The summed E-state index contributed by atoms with van der Waals surface area (Å²) in [6, 6.07) is 8.10. The van der Waals surface area contributed by atoms with Gasteiger partial charge in [0.05, 0.1) is 13.0 Å². The number of nitrogens with zero attached hydrogens (tertiary/aromatic N) is 1. The molecular formula is C17H25NO3. The molecule has 0 radical (unpaired) electrons. The predicted octanol–water partition coefficient (Wildman–Crippen LogP) is 3.08. The molecule has 0 aliphatic carbocycles. The van der Waals surface area contributed by atoms with Gasteiger partial charge in [0.2, 0.25) is 5.91 Å². The van der Waals surface area contributed by atoms with Crippen LogP contribution in [0.3, 0.4) is 0 Å². The summed E-state index contributed by atoms with van der Waals surface area (Å²) in [5.74, 6) is -0.168. The minimum atomic E-state index is -0.254. The number of carbonyl (C=O) groups excluding carboxylic acids is 2. The van der Waals surface area contributed by atoms with Gasteiger partial charge in [-0.05, 0) is 25.8 Å². The highest BCUT2D eigenvalue weighted by atomic mass is 16.5. The number of hydrogen-bond acceptors (Lipinski definition) is 3. The number of benzene rings is 1. The molecule has 1 rings (SSSR count). The molecule has 0 atom stereocenters. The molecule has 1 amide bonds. The van der Waals surface area contributed by atoms with Gasteiger partial charge >= 0.3 is 5.97 Å². The fourth-order valence-electron chi connectivity index (χ4n) is 2.04. The third kappa shape index (κ3) is 6.43. The predicted molar refractivity (Wildman–Crippen MR) is 82.8 cm³/mol. The molecule has 0 fully saturated rings. The van der Waals surface area contributed by atoms with E-state index >= 15 is 0 Å². The van der Waals surface area contributed by atoms with Gasteiger partial charge in [0.15, 0.2) is 0 Å². The van der Waals surface area contributed by atoms with Gasteiger partial charge in [-0.15, -0.1) is 0 Å². The van der Waals surface area contributed by atoms with E-state index in [4.69, 9.17) is 4.74 Å². The Kier molecular flexibility index (Phi) is 7.51. The van der Waals surface area contributed by atoms with E-state index in [1.807, 2.05) is 38.1 Å². The largest absolute Gasteiger partial charge is 0.466 e. The van der Waals surface area contributed by atoms with Crippen LogP contribution in [0.5, 0.6) is 0 Å². The second-order valence-electron chi connectivity index (χ2n) is 5.11. The van der Waals surface area contributed by atoms with Crippen molar-refractivity contribution in [3.8, 4) is 0 Å². The lowest BCUT2D eigenvalue weighted by molar-refractivity contribution is -0.144. The number of ether oxygens (including phenoxy) is 1. The summed E-state index contributed by atoms with van der Waals surface area (Å²) >= 11 is 0. The Balaban J connectivity index is 2.65. The maximum atomic E-state index is 12.2. The van der Waals surface area contributed by atoms with Crippen molar-refractivity contribution in [2.75, 3.05) is 13.2 Å². The van der Waals surface area contributed by atoms with Crippen LogP contribution in [0.15, 0.2) is 24.3 Å².